The zero-order valence-corrected chi connectivity index (χ0v) is 13.3. The maximum Gasteiger partial charge on any atom is 0.277 e. The number of nitrogens with zero attached hydrogens (tertiary/aromatic N) is 1. The van der Waals surface area contributed by atoms with Crippen molar-refractivity contribution < 1.29 is 13.9 Å². The van der Waals surface area contributed by atoms with E-state index in [4.69, 9.17) is 9.15 Å². The van der Waals surface area contributed by atoms with Gasteiger partial charge in [-0.05, 0) is 65.2 Å². The molecular weight excluding hydrogens is 336 g/mol. The molecule has 6 heteroatoms. The summed E-state index contributed by atoms with van der Waals surface area (Å²) in [6.07, 6.45) is 1.42. The van der Waals surface area contributed by atoms with Crippen LogP contribution >= 0.6 is 15.9 Å². The van der Waals surface area contributed by atoms with Gasteiger partial charge >= 0.3 is 0 Å². The van der Waals surface area contributed by atoms with E-state index in [1.165, 1.54) is 11.8 Å². The number of carbonyl (C=O) groups is 1. The Kier molecular flexibility index (Phi) is 5.16. The first kappa shape index (κ1) is 15.3. The number of ether oxygens (including phenoxy) is 1. The van der Waals surface area contributed by atoms with E-state index in [0.717, 1.165) is 5.56 Å². The van der Waals surface area contributed by atoms with E-state index in [2.05, 4.69) is 26.5 Å². The number of carbonyl (C=O) groups excluding carboxylic acids is 1. The van der Waals surface area contributed by atoms with E-state index in [1.807, 2.05) is 32.0 Å². The SMILES string of the molecule is Cc1ccc(OCC(=O)NN=Cc2ccc(Br)o2)cc1C. The van der Waals surface area contributed by atoms with Gasteiger partial charge in [0, 0.05) is 0 Å². The smallest absolute Gasteiger partial charge is 0.277 e. The molecule has 1 amide bonds. The highest BCUT2D eigenvalue weighted by molar-refractivity contribution is 9.10. The summed E-state index contributed by atoms with van der Waals surface area (Å²) in [6.45, 7) is 3.92. The molecule has 0 saturated heterocycles. The number of benzene rings is 1. The number of hydrogen-bond acceptors (Lipinski definition) is 4. The van der Waals surface area contributed by atoms with Gasteiger partial charge < -0.3 is 9.15 Å². The van der Waals surface area contributed by atoms with E-state index in [9.17, 15) is 4.79 Å². The quantitative estimate of drug-likeness (QED) is 0.665. The van der Waals surface area contributed by atoms with Crippen LogP contribution in [-0.2, 0) is 4.79 Å². The number of nitrogens with one attached hydrogen (secondary N) is 1. The molecule has 1 N–H and O–H groups in total. The van der Waals surface area contributed by atoms with Gasteiger partial charge in [-0.1, -0.05) is 6.07 Å². The van der Waals surface area contributed by atoms with Crippen LogP contribution in [0.1, 0.15) is 16.9 Å². The first-order chi connectivity index (χ1) is 10.0. The molecule has 5 nitrogen and oxygen atoms in total. The van der Waals surface area contributed by atoms with E-state index in [1.54, 1.807) is 12.1 Å². The van der Waals surface area contributed by atoms with Crippen LogP contribution in [-0.4, -0.2) is 18.7 Å². The molecule has 0 unspecified atom stereocenters. The summed E-state index contributed by atoms with van der Waals surface area (Å²) >= 11 is 3.18. The predicted molar refractivity (Wildman–Crippen MR) is 83.6 cm³/mol. The number of amides is 1. The van der Waals surface area contributed by atoms with Gasteiger partial charge in [-0.3, -0.25) is 4.79 Å². The standard InChI is InChI=1S/C15H15BrN2O3/c1-10-3-4-12(7-11(10)2)20-9-15(19)18-17-8-13-5-6-14(16)21-13/h3-8H,9H2,1-2H3,(H,18,19). The lowest BCUT2D eigenvalue weighted by Crippen LogP contribution is -2.24. The third-order valence-electron chi connectivity index (χ3n) is 2.82. The van der Waals surface area contributed by atoms with Crippen LogP contribution < -0.4 is 10.2 Å². The van der Waals surface area contributed by atoms with Crippen molar-refractivity contribution in [2.24, 2.45) is 5.10 Å². The normalized spacial score (nSPS) is 10.8. The molecule has 21 heavy (non-hydrogen) atoms. The summed E-state index contributed by atoms with van der Waals surface area (Å²) in [5.41, 5.74) is 4.67. The lowest BCUT2D eigenvalue weighted by Gasteiger charge is -2.07. The van der Waals surface area contributed by atoms with Gasteiger partial charge in [0.05, 0.1) is 6.21 Å². The van der Waals surface area contributed by atoms with Crippen LogP contribution in [0.2, 0.25) is 0 Å². The molecule has 1 aromatic heterocycles. The maximum atomic E-state index is 11.6. The van der Waals surface area contributed by atoms with Crippen molar-refractivity contribution in [1.82, 2.24) is 5.43 Å². The number of rotatable bonds is 5. The second-order valence-electron chi connectivity index (χ2n) is 4.47. The van der Waals surface area contributed by atoms with Crippen molar-refractivity contribution in [3.63, 3.8) is 0 Å². The molecule has 0 aliphatic rings. The van der Waals surface area contributed by atoms with Crippen molar-refractivity contribution in [1.29, 1.82) is 0 Å². The van der Waals surface area contributed by atoms with Crippen LogP contribution in [0.5, 0.6) is 5.75 Å². The molecule has 0 spiro atoms. The Morgan fingerprint density at radius 1 is 1.33 bits per heavy atom. The van der Waals surface area contributed by atoms with Crippen LogP contribution in [0.15, 0.2) is 44.5 Å². The van der Waals surface area contributed by atoms with Crippen molar-refractivity contribution >= 4 is 28.1 Å². The molecule has 0 aliphatic heterocycles. The van der Waals surface area contributed by atoms with Gasteiger partial charge in [-0.15, -0.1) is 0 Å². The highest BCUT2D eigenvalue weighted by Gasteiger charge is 2.03. The lowest BCUT2D eigenvalue weighted by atomic mass is 10.1. The average molecular weight is 351 g/mol. The molecule has 2 rings (SSSR count). The fraction of sp³-hybridized carbons (Fsp3) is 0.200. The van der Waals surface area contributed by atoms with Gasteiger partial charge in [0.1, 0.15) is 11.5 Å². The van der Waals surface area contributed by atoms with E-state index in [0.29, 0.717) is 16.2 Å². The second kappa shape index (κ2) is 7.08. The van der Waals surface area contributed by atoms with Crippen molar-refractivity contribution in [3.05, 3.63) is 51.9 Å². The summed E-state index contributed by atoms with van der Waals surface area (Å²) in [6, 6.07) is 9.15. The lowest BCUT2D eigenvalue weighted by molar-refractivity contribution is -0.123. The van der Waals surface area contributed by atoms with Crippen molar-refractivity contribution in [2.45, 2.75) is 13.8 Å². The predicted octanol–water partition coefficient (Wildman–Crippen LogP) is 3.19. The summed E-state index contributed by atoms with van der Waals surface area (Å²) in [5, 5.41) is 3.78. The molecule has 0 radical (unpaired) electrons. The first-order valence-electron chi connectivity index (χ1n) is 6.32. The highest BCUT2D eigenvalue weighted by atomic mass is 79.9. The first-order valence-corrected chi connectivity index (χ1v) is 7.11. The van der Waals surface area contributed by atoms with Gasteiger partial charge in [0.15, 0.2) is 11.3 Å². The fourth-order valence-corrected chi connectivity index (χ4v) is 1.87. The summed E-state index contributed by atoms with van der Waals surface area (Å²) in [4.78, 5) is 11.6. The van der Waals surface area contributed by atoms with Crippen molar-refractivity contribution in [3.8, 4) is 5.75 Å². The molecule has 0 atom stereocenters. The van der Waals surface area contributed by atoms with Crippen molar-refractivity contribution in [2.75, 3.05) is 6.61 Å². The van der Waals surface area contributed by atoms with Crippen LogP contribution in [0.3, 0.4) is 0 Å². The Labute approximate surface area is 131 Å². The fourth-order valence-electron chi connectivity index (χ4n) is 1.55. The second-order valence-corrected chi connectivity index (χ2v) is 5.25. The number of aryl methyl sites for hydroxylation is 2. The molecule has 0 saturated carbocycles. The molecule has 2 aromatic rings. The summed E-state index contributed by atoms with van der Waals surface area (Å²) in [7, 11) is 0. The minimum atomic E-state index is -0.338. The van der Waals surface area contributed by atoms with E-state index < -0.39 is 0 Å². The monoisotopic (exact) mass is 350 g/mol. The van der Waals surface area contributed by atoms with Gasteiger partial charge in [0.2, 0.25) is 0 Å². The van der Waals surface area contributed by atoms with Crippen LogP contribution in [0.4, 0.5) is 0 Å². The Hall–Kier alpha value is -2.08. The third-order valence-corrected chi connectivity index (χ3v) is 3.25. The van der Waals surface area contributed by atoms with Gasteiger partial charge in [0.25, 0.3) is 5.91 Å². The average Bonchev–Trinajstić information content (AvgIpc) is 2.86. The Morgan fingerprint density at radius 3 is 2.81 bits per heavy atom. The number of hydrazone groups is 1. The summed E-state index contributed by atoms with van der Waals surface area (Å²) in [5.74, 6) is 0.861. The molecule has 1 heterocycles. The van der Waals surface area contributed by atoms with Gasteiger partial charge in [-0.25, -0.2) is 5.43 Å². The Bertz CT molecular complexity index is 665. The highest BCUT2D eigenvalue weighted by Crippen LogP contribution is 2.16. The molecule has 110 valence electrons. The third kappa shape index (κ3) is 4.75. The topological polar surface area (TPSA) is 63.8 Å². The molecule has 0 aliphatic carbocycles. The largest absolute Gasteiger partial charge is 0.484 e. The summed E-state index contributed by atoms with van der Waals surface area (Å²) < 4.78 is 11.2. The number of hydrogen-bond donors (Lipinski definition) is 1. The van der Waals surface area contributed by atoms with Crippen LogP contribution in [0.25, 0.3) is 0 Å². The number of halogens is 1. The zero-order chi connectivity index (χ0) is 15.2. The molecule has 1 aromatic carbocycles. The van der Waals surface area contributed by atoms with E-state index >= 15 is 0 Å². The minimum absolute atomic E-state index is 0.0955. The maximum absolute atomic E-state index is 11.6. The Morgan fingerprint density at radius 2 is 2.14 bits per heavy atom. The minimum Gasteiger partial charge on any atom is -0.484 e. The molecular formula is C15H15BrN2O3. The van der Waals surface area contributed by atoms with E-state index in [-0.39, 0.29) is 12.5 Å². The Balaban J connectivity index is 1.79. The molecule has 0 bridgehead atoms. The molecule has 0 fully saturated rings. The van der Waals surface area contributed by atoms with Gasteiger partial charge in [-0.2, -0.15) is 5.10 Å². The zero-order valence-electron chi connectivity index (χ0n) is 11.7. The van der Waals surface area contributed by atoms with Crippen LogP contribution in [0, 0.1) is 13.8 Å². The number of furan rings is 1.